The van der Waals surface area contributed by atoms with Gasteiger partial charge >= 0.3 is 0 Å². The normalized spacial score (nSPS) is 10.2. The first kappa shape index (κ1) is 14.1. The Labute approximate surface area is 118 Å². The van der Waals surface area contributed by atoms with Gasteiger partial charge in [0.15, 0.2) is 6.61 Å². The number of nitrogens with zero attached hydrogens (tertiary/aromatic N) is 3. The van der Waals surface area contributed by atoms with E-state index >= 15 is 0 Å². The van der Waals surface area contributed by atoms with Crippen LogP contribution in [0.5, 0.6) is 5.75 Å². The Morgan fingerprint density at radius 3 is 2.85 bits per heavy atom. The second-order valence-electron chi connectivity index (χ2n) is 4.42. The fourth-order valence-electron chi connectivity index (χ4n) is 1.86. The van der Waals surface area contributed by atoms with Crippen molar-refractivity contribution in [1.82, 2.24) is 14.9 Å². The third-order valence-electron chi connectivity index (χ3n) is 2.88. The molecule has 0 aliphatic carbocycles. The third-order valence-corrected chi connectivity index (χ3v) is 2.88. The molecule has 1 heterocycles. The highest BCUT2D eigenvalue weighted by Crippen LogP contribution is 2.11. The van der Waals surface area contributed by atoms with Crippen LogP contribution in [0.2, 0.25) is 0 Å². The Morgan fingerprint density at radius 1 is 1.30 bits per heavy atom. The summed E-state index contributed by atoms with van der Waals surface area (Å²) < 4.78 is 7.28. The van der Waals surface area contributed by atoms with Crippen LogP contribution in [-0.2, 0) is 13.1 Å². The number of hydrogen-bond acceptors (Lipinski definition) is 4. The lowest BCUT2D eigenvalue weighted by Crippen LogP contribution is -2.16. The van der Waals surface area contributed by atoms with Gasteiger partial charge in [-0.25, -0.2) is 4.98 Å². The minimum Gasteiger partial charge on any atom is -0.479 e. The van der Waals surface area contributed by atoms with Gasteiger partial charge in [0.25, 0.3) is 0 Å². The number of aryl methyl sites for hydroxylation is 1. The Hall–Kier alpha value is -2.32. The molecular formula is C15H18N4O. The zero-order valence-electron chi connectivity index (χ0n) is 11.3. The minimum absolute atomic E-state index is 0.0891. The molecule has 0 aliphatic heterocycles. The number of ether oxygens (including phenoxy) is 1. The molecule has 0 saturated carbocycles. The van der Waals surface area contributed by atoms with Gasteiger partial charge < -0.3 is 14.6 Å². The van der Waals surface area contributed by atoms with E-state index in [1.165, 1.54) is 5.56 Å². The maximum absolute atomic E-state index is 8.43. The van der Waals surface area contributed by atoms with E-state index in [1.54, 1.807) is 6.20 Å². The summed E-state index contributed by atoms with van der Waals surface area (Å²) in [5, 5.41) is 11.8. The van der Waals surface area contributed by atoms with Crippen LogP contribution in [0.4, 0.5) is 0 Å². The zero-order chi connectivity index (χ0) is 14.0. The van der Waals surface area contributed by atoms with Gasteiger partial charge in [0, 0.05) is 25.5 Å². The van der Waals surface area contributed by atoms with Crippen LogP contribution < -0.4 is 10.1 Å². The zero-order valence-corrected chi connectivity index (χ0v) is 11.3. The van der Waals surface area contributed by atoms with Crippen molar-refractivity contribution in [3.8, 4) is 11.8 Å². The summed E-state index contributed by atoms with van der Waals surface area (Å²) in [6.45, 7) is 2.87. The summed E-state index contributed by atoms with van der Waals surface area (Å²) in [5.74, 6) is 0.732. The van der Waals surface area contributed by atoms with Gasteiger partial charge in [-0.1, -0.05) is 12.1 Å². The molecule has 1 aromatic heterocycles. The van der Waals surface area contributed by atoms with E-state index in [0.29, 0.717) is 0 Å². The van der Waals surface area contributed by atoms with Crippen molar-refractivity contribution < 1.29 is 4.74 Å². The van der Waals surface area contributed by atoms with Gasteiger partial charge in [-0.15, -0.1) is 0 Å². The first-order chi connectivity index (χ1) is 9.88. The van der Waals surface area contributed by atoms with Gasteiger partial charge in [-0.3, -0.25) is 0 Å². The summed E-state index contributed by atoms with van der Waals surface area (Å²) in [6.07, 6.45) is 6.67. The average molecular weight is 270 g/mol. The Kier molecular flexibility index (Phi) is 5.62. The Bertz CT molecular complexity index is 528. The number of nitrogens with one attached hydrogen (secondary N) is 1. The lowest BCUT2D eigenvalue weighted by molar-refractivity contribution is 0.368. The molecule has 0 radical (unpaired) electrons. The van der Waals surface area contributed by atoms with E-state index < -0.39 is 0 Å². The molecule has 2 rings (SSSR count). The maximum atomic E-state index is 8.43. The molecule has 5 nitrogen and oxygen atoms in total. The molecule has 0 spiro atoms. The molecule has 104 valence electrons. The average Bonchev–Trinajstić information content (AvgIpc) is 2.99. The van der Waals surface area contributed by atoms with Crippen LogP contribution >= 0.6 is 0 Å². The SMILES string of the molecule is N#CCOc1ccc(CNCCCn2ccnc2)cc1. The van der Waals surface area contributed by atoms with Crippen molar-refractivity contribution in [3.05, 3.63) is 48.5 Å². The molecule has 1 aromatic carbocycles. The molecule has 0 aliphatic rings. The summed E-state index contributed by atoms with van der Waals surface area (Å²) >= 11 is 0. The van der Waals surface area contributed by atoms with Crippen LogP contribution in [0, 0.1) is 11.3 Å². The standard InChI is InChI=1S/C15H18N4O/c16-6-11-20-15-4-2-14(3-5-15)12-17-7-1-9-19-10-8-18-13-19/h2-5,8,10,13,17H,1,7,9,11-12H2. The number of nitriles is 1. The first-order valence-electron chi connectivity index (χ1n) is 6.63. The Balaban J connectivity index is 1.62. The highest BCUT2D eigenvalue weighted by molar-refractivity contribution is 5.27. The van der Waals surface area contributed by atoms with Crippen LogP contribution in [0.15, 0.2) is 43.0 Å². The van der Waals surface area contributed by atoms with Gasteiger partial charge in [0.2, 0.25) is 0 Å². The molecule has 0 amide bonds. The number of imidazole rings is 1. The van der Waals surface area contributed by atoms with Crippen LogP contribution in [0.1, 0.15) is 12.0 Å². The van der Waals surface area contributed by atoms with Crippen molar-refractivity contribution in [1.29, 1.82) is 5.26 Å². The quantitative estimate of drug-likeness (QED) is 0.745. The second-order valence-corrected chi connectivity index (χ2v) is 4.42. The summed E-state index contributed by atoms with van der Waals surface area (Å²) in [5.41, 5.74) is 1.21. The number of aromatic nitrogens is 2. The molecule has 20 heavy (non-hydrogen) atoms. The molecule has 0 bridgehead atoms. The lowest BCUT2D eigenvalue weighted by atomic mass is 10.2. The van der Waals surface area contributed by atoms with E-state index in [2.05, 4.69) is 14.9 Å². The van der Waals surface area contributed by atoms with E-state index in [-0.39, 0.29) is 6.61 Å². The first-order valence-corrected chi connectivity index (χ1v) is 6.63. The molecule has 0 fully saturated rings. The number of benzene rings is 1. The maximum Gasteiger partial charge on any atom is 0.174 e. The molecule has 1 N–H and O–H groups in total. The van der Waals surface area contributed by atoms with Gasteiger partial charge in [-0.05, 0) is 30.7 Å². The van der Waals surface area contributed by atoms with Gasteiger partial charge in [0.05, 0.1) is 6.33 Å². The van der Waals surface area contributed by atoms with Gasteiger partial charge in [0.1, 0.15) is 11.8 Å². The van der Waals surface area contributed by atoms with Crippen LogP contribution in [-0.4, -0.2) is 22.7 Å². The summed E-state index contributed by atoms with van der Waals surface area (Å²) in [6, 6.07) is 9.75. The van der Waals surface area contributed by atoms with E-state index in [0.717, 1.165) is 31.8 Å². The number of hydrogen-bond donors (Lipinski definition) is 1. The molecule has 0 saturated heterocycles. The molecule has 5 heteroatoms. The fraction of sp³-hybridized carbons (Fsp3) is 0.333. The molecule has 2 aromatic rings. The molecule has 0 unspecified atom stereocenters. The topological polar surface area (TPSA) is 62.9 Å². The summed E-state index contributed by atoms with van der Waals surface area (Å²) in [7, 11) is 0. The molecular weight excluding hydrogens is 252 g/mol. The van der Waals surface area contributed by atoms with Crippen LogP contribution in [0.25, 0.3) is 0 Å². The highest BCUT2D eigenvalue weighted by Gasteiger charge is 1.96. The van der Waals surface area contributed by atoms with E-state index in [4.69, 9.17) is 10.00 Å². The predicted octanol–water partition coefficient (Wildman–Crippen LogP) is 1.97. The smallest absolute Gasteiger partial charge is 0.174 e. The van der Waals surface area contributed by atoms with Crippen molar-refractivity contribution in [3.63, 3.8) is 0 Å². The Morgan fingerprint density at radius 2 is 2.15 bits per heavy atom. The van der Waals surface area contributed by atoms with Crippen molar-refractivity contribution >= 4 is 0 Å². The van der Waals surface area contributed by atoms with Gasteiger partial charge in [-0.2, -0.15) is 5.26 Å². The highest BCUT2D eigenvalue weighted by atomic mass is 16.5. The summed E-state index contributed by atoms with van der Waals surface area (Å²) in [4.78, 5) is 4.01. The van der Waals surface area contributed by atoms with E-state index in [9.17, 15) is 0 Å². The van der Waals surface area contributed by atoms with Crippen LogP contribution in [0.3, 0.4) is 0 Å². The fourth-order valence-corrected chi connectivity index (χ4v) is 1.86. The molecule has 0 atom stereocenters. The minimum atomic E-state index is 0.0891. The second kappa shape index (κ2) is 7.97. The number of rotatable bonds is 8. The van der Waals surface area contributed by atoms with Crippen molar-refractivity contribution in [2.45, 2.75) is 19.5 Å². The monoisotopic (exact) mass is 270 g/mol. The predicted molar refractivity (Wildman–Crippen MR) is 76.1 cm³/mol. The largest absolute Gasteiger partial charge is 0.479 e. The van der Waals surface area contributed by atoms with E-state index in [1.807, 2.05) is 42.9 Å². The van der Waals surface area contributed by atoms with Crippen molar-refractivity contribution in [2.75, 3.05) is 13.2 Å². The third kappa shape index (κ3) is 4.75. The van der Waals surface area contributed by atoms with Crippen molar-refractivity contribution in [2.24, 2.45) is 0 Å². The lowest BCUT2D eigenvalue weighted by Gasteiger charge is -2.07.